The highest BCUT2D eigenvalue weighted by Gasteiger charge is 2.46. The minimum atomic E-state index is -1.77. The zero-order valence-electron chi connectivity index (χ0n) is 28.4. The summed E-state index contributed by atoms with van der Waals surface area (Å²) in [6, 6.07) is 6.82. The molecule has 0 spiro atoms. The van der Waals surface area contributed by atoms with Gasteiger partial charge in [0.05, 0.1) is 44.7 Å². The Hall–Kier alpha value is -3.75. The average molecular weight is 739 g/mol. The Kier molecular flexibility index (Phi) is 13.2. The van der Waals surface area contributed by atoms with Crippen LogP contribution in [0.2, 0.25) is 0 Å². The van der Waals surface area contributed by atoms with Crippen LogP contribution in [-0.4, -0.2) is 146 Å². The van der Waals surface area contributed by atoms with Crippen LogP contribution in [0.15, 0.2) is 39.5 Å². The third-order valence-corrected chi connectivity index (χ3v) is 9.33. The van der Waals surface area contributed by atoms with Crippen molar-refractivity contribution in [3.05, 3.63) is 40.6 Å². The second-order valence-corrected chi connectivity index (χ2v) is 13.0. The van der Waals surface area contributed by atoms with Crippen LogP contribution in [0.5, 0.6) is 28.7 Å². The summed E-state index contributed by atoms with van der Waals surface area (Å²) in [7, 11) is 0. The molecule has 2 saturated carbocycles. The van der Waals surface area contributed by atoms with Crippen molar-refractivity contribution in [2.75, 3.05) is 46.2 Å². The van der Waals surface area contributed by atoms with Crippen LogP contribution in [-0.2, 0) is 4.74 Å². The van der Waals surface area contributed by atoms with E-state index in [0.717, 1.165) is 6.07 Å². The molecule has 17 heteroatoms. The Morgan fingerprint density at radius 3 is 2.06 bits per heavy atom. The molecule has 0 amide bonds. The molecule has 0 radical (unpaired) electrons. The smallest absolute Gasteiger partial charge is 0.239 e. The molecule has 10 N–H and O–H groups in total. The van der Waals surface area contributed by atoms with Gasteiger partial charge in [-0.15, -0.1) is 0 Å². The van der Waals surface area contributed by atoms with Gasteiger partial charge in [-0.25, -0.2) is 0 Å². The Bertz CT molecular complexity index is 1700. The van der Waals surface area contributed by atoms with E-state index in [0.29, 0.717) is 0 Å². The second kappa shape index (κ2) is 17.4. The molecule has 0 aliphatic heterocycles. The van der Waals surface area contributed by atoms with Gasteiger partial charge in [-0.3, -0.25) is 4.79 Å². The fraction of sp³-hybridized carbons (Fsp3) is 0.571. The minimum absolute atomic E-state index is 0.0729. The summed E-state index contributed by atoms with van der Waals surface area (Å²) in [5, 5.41) is 102. The van der Waals surface area contributed by atoms with Gasteiger partial charge >= 0.3 is 0 Å². The van der Waals surface area contributed by atoms with Gasteiger partial charge < -0.3 is 79.2 Å². The van der Waals surface area contributed by atoms with E-state index in [1.807, 2.05) is 0 Å². The molecule has 5 rings (SSSR count). The van der Waals surface area contributed by atoms with Crippen molar-refractivity contribution in [1.82, 2.24) is 0 Å². The molecule has 2 aliphatic carbocycles. The molecule has 0 saturated heterocycles. The largest absolute Gasteiger partial charge is 0.507 e. The summed E-state index contributed by atoms with van der Waals surface area (Å²) >= 11 is 0. The van der Waals surface area contributed by atoms with Crippen molar-refractivity contribution in [1.29, 1.82) is 0 Å². The fourth-order valence-electron chi connectivity index (χ4n) is 6.53. The number of fused-ring (bicyclic) bond motifs is 1. The first-order valence-electron chi connectivity index (χ1n) is 17.0. The molecule has 0 bridgehead atoms. The number of phenols is 1. The Morgan fingerprint density at radius 1 is 0.731 bits per heavy atom. The molecule has 2 aromatic carbocycles. The van der Waals surface area contributed by atoms with Crippen molar-refractivity contribution in [3.63, 3.8) is 0 Å². The Labute approximate surface area is 297 Å². The molecular weight excluding hydrogens is 692 g/mol. The number of aromatic hydroxyl groups is 1. The van der Waals surface area contributed by atoms with Gasteiger partial charge in [0.25, 0.3) is 0 Å². The maximum absolute atomic E-state index is 14.2. The molecule has 2 fully saturated rings. The normalized spacial score (nSPS) is 29.2. The van der Waals surface area contributed by atoms with Gasteiger partial charge in [0, 0.05) is 23.6 Å². The molecule has 2 aliphatic rings. The Balaban J connectivity index is 1.53. The number of aliphatic hydroxyl groups excluding tert-OH is 9. The lowest BCUT2D eigenvalue weighted by molar-refractivity contribution is -0.193. The summed E-state index contributed by atoms with van der Waals surface area (Å²) < 4.78 is 34.7. The van der Waals surface area contributed by atoms with Gasteiger partial charge in [0.1, 0.15) is 72.8 Å². The van der Waals surface area contributed by atoms with E-state index in [4.69, 9.17) is 28.1 Å². The van der Waals surface area contributed by atoms with Gasteiger partial charge in [-0.05, 0) is 37.0 Å². The molecule has 288 valence electrons. The maximum Gasteiger partial charge on any atom is 0.239 e. The zero-order valence-corrected chi connectivity index (χ0v) is 28.4. The van der Waals surface area contributed by atoms with Crippen molar-refractivity contribution in [2.45, 2.75) is 68.6 Å². The Morgan fingerprint density at radius 2 is 1.37 bits per heavy atom. The number of phenolic OH excluding ortho intramolecular Hbond substituents is 1. The third kappa shape index (κ3) is 8.39. The standard InChI is InChI=1S/C35H46O17/c1-16-10-24(29(42)32(45)27(16)40)50-15-18-12-25(30(43)33(46)28(18)41)52-35-31(44)26-20(39)13-19(47-7-4-36)14-23(26)51-34(35)17-2-3-21(48-8-5-37)22(11-17)49-9-6-38/h2-3,11,13-14,16,18,24-25,27-30,32-33,36-43,45-46H,4-10,12,15H2,1H3/t16-,18-,24-,25-,27+,28-,29+,30+,32-,33+/m0/s1. The van der Waals surface area contributed by atoms with E-state index in [9.17, 15) is 55.9 Å². The minimum Gasteiger partial charge on any atom is -0.507 e. The molecule has 52 heavy (non-hydrogen) atoms. The maximum atomic E-state index is 14.2. The molecule has 10 atom stereocenters. The highest BCUT2D eigenvalue weighted by atomic mass is 16.5. The van der Waals surface area contributed by atoms with E-state index in [1.54, 1.807) is 6.92 Å². The van der Waals surface area contributed by atoms with E-state index >= 15 is 0 Å². The van der Waals surface area contributed by atoms with Crippen LogP contribution in [0.25, 0.3) is 22.3 Å². The highest BCUT2D eigenvalue weighted by molar-refractivity contribution is 5.88. The first-order valence-corrected chi connectivity index (χ1v) is 17.0. The van der Waals surface area contributed by atoms with Gasteiger partial charge in [0.2, 0.25) is 11.2 Å². The first-order chi connectivity index (χ1) is 24.9. The number of hydrogen-bond acceptors (Lipinski definition) is 17. The number of aliphatic hydroxyl groups is 9. The first kappa shape index (κ1) is 39.5. The third-order valence-electron chi connectivity index (χ3n) is 9.33. The molecule has 17 nitrogen and oxygen atoms in total. The van der Waals surface area contributed by atoms with E-state index in [1.165, 1.54) is 24.3 Å². The van der Waals surface area contributed by atoms with E-state index in [2.05, 4.69) is 0 Å². The van der Waals surface area contributed by atoms with Crippen LogP contribution in [0, 0.1) is 11.8 Å². The number of ether oxygens (including phenoxy) is 5. The van der Waals surface area contributed by atoms with Crippen LogP contribution in [0.4, 0.5) is 0 Å². The van der Waals surface area contributed by atoms with Gasteiger partial charge in [-0.1, -0.05) is 6.92 Å². The predicted octanol–water partition coefficient (Wildman–Crippen LogP) is -1.36. The quantitative estimate of drug-likeness (QED) is 0.0862. The van der Waals surface area contributed by atoms with Gasteiger partial charge in [-0.2, -0.15) is 0 Å². The fourth-order valence-corrected chi connectivity index (χ4v) is 6.53. The SMILES string of the molecule is C[C@H]1C[C@H](OC[C@@H]2C[C@H](Oc3c(-c4ccc(OCCO)c(OCCO)c4)oc4cc(OCCO)cc(O)c4c3=O)[C@@H](O)[C@H](O)[C@H]2O)[C@@H](O)[C@@H](O)[C@@H]1O. The zero-order chi connectivity index (χ0) is 37.7. The highest BCUT2D eigenvalue weighted by Crippen LogP contribution is 2.41. The number of rotatable bonds is 15. The lowest BCUT2D eigenvalue weighted by Gasteiger charge is -2.42. The van der Waals surface area contributed by atoms with Crippen LogP contribution < -0.4 is 24.4 Å². The van der Waals surface area contributed by atoms with Crippen LogP contribution in [0.1, 0.15) is 19.8 Å². The number of benzene rings is 2. The molecule has 3 aromatic rings. The average Bonchev–Trinajstić information content (AvgIpc) is 3.13. The predicted molar refractivity (Wildman–Crippen MR) is 179 cm³/mol. The van der Waals surface area contributed by atoms with E-state index in [-0.39, 0.29) is 98.6 Å². The molecule has 1 aromatic heterocycles. The van der Waals surface area contributed by atoms with E-state index < -0.39 is 77.6 Å². The summed E-state index contributed by atoms with van der Waals surface area (Å²) in [5.74, 6) is -2.22. The monoisotopic (exact) mass is 738 g/mol. The van der Waals surface area contributed by atoms with Crippen molar-refractivity contribution in [3.8, 4) is 40.1 Å². The van der Waals surface area contributed by atoms with Crippen LogP contribution >= 0.6 is 0 Å². The molecule has 0 unspecified atom stereocenters. The lowest BCUT2D eigenvalue weighted by atomic mass is 9.80. The van der Waals surface area contributed by atoms with Crippen LogP contribution in [0.3, 0.4) is 0 Å². The molecular formula is C35H46O17. The van der Waals surface area contributed by atoms with Crippen molar-refractivity contribution < 1.29 is 79.2 Å². The topological polar surface area (TPSA) is 279 Å². The number of hydrogen-bond donors (Lipinski definition) is 10. The lowest BCUT2D eigenvalue weighted by Crippen LogP contribution is -2.57. The molecule has 1 heterocycles. The van der Waals surface area contributed by atoms with Gasteiger partial charge in [0.15, 0.2) is 17.3 Å². The summed E-state index contributed by atoms with van der Waals surface area (Å²) in [5.41, 5.74) is -0.850. The summed E-state index contributed by atoms with van der Waals surface area (Å²) in [6.07, 6.45) is -11.3. The summed E-state index contributed by atoms with van der Waals surface area (Å²) in [6.45, 7) is 0.0962. The van der Waals surface area contributed by atoms with Crippen molar-refractivity contribution in [2.24, 2.45) is 11.8 Å². The summed E-state index contributed by atoms with van der Waals surface area (Å²) in [4.78, 5) is 14.2. The van der Waals surface area contributed by atoms with Crippen molar-refractivity contribution >= 4 is 11.0 Å². The second-order valence-electron chi connectivity index (χ2n) is 13.0.